The number of benzene rings is 1. The summed E-state index contributed by atoms with van der Waals surface area (Å²) in [4.78, 5) is 47.4. The lowest BCUT2D eigenvalue weighted by Gasteiger charge is -2.23. The van der Waals surface area contributed by atoms with Gasteiger partial charge < -0.3 is 31.7 Å². The summed E-state index contributed by atoms with van der Waals surface area (Å²) in [7, 11) is 0. The van der Waals surface area contributed by atoms with Gasteiger partial charge in [0.1, 0.15) is 17.8 Å². The fraction of sp³-hybridized carbons (Fsp3) is 0.474. The van der Waals surface area contributed by atoms with Gasteiger partial charge in [0, 0.05) is 6.42 Å². The maximum atomic E-state index is 12.5. The molecule has 160 valence electrons. The van der Waals surface area contributed by atoms with Crippen LogP contribution in [0.1, 0.15) is 32.3 Å². The summed E-state index contributed by atoms with van der Waals surface area (Å²) in [6, 6.07) is 1.98. The molecular weight excluding hydrogens is 382 g/mol. The summed E-state index contributed by atoms with van der Waals surface area (Å²) in [5.74, 6) is -4.48. The molecule has 0 aliphatic carbocycles. The van der Waals surface area contributed by atoms with Crippen LogP contribution in [-0.4, -0.2) is 57.2 Å². The topological polar surface area (TPSA) is 179 Å². The minimum atomic E-state index is -1.48. The molecular formula is C19H27N3O7. The number of hydrogen-bond donors (Lipinski definition) is 6. The number of carbonyl (C=O) groups excluding carboxylic acids is 2. The molecule has 0 heterocycles. The van der Waals surface area contributed by atoms with Crippen LogP contribution >= 0.6 is 0 Å². The molecule has 4 unspecified atom stereocenters. The quantitative estimate of drug-likeness (QED) is 0.292. The minimum absolute atomic E-state index is 0.00606. The molecule has 0 radical (unpaired) electrons. The van der Waals surface area contributed by atoms with E-state index < -0.39 is 48.3 Å². The molecule has 0 aliphatic heterocycles. The molecule has 0 aliphatic rings. The lowest BCUT2D eigenvalue weighted by molar-refractivity contribution is -0.143. The number of aromatic hydroxyl groups is 1. The largest absolute Gasteiger partial charge is 0.508 e. The van der Waals surface area contributed by atoms with E-state index in [2.05, 4.69) is 10.6 Å². The number of rotatable bonds is 11. The number of aliphatic carboxylic acids is 2. The summed E-state index contributed by atoms with van der Waals surface area (Å²) in [5.41, 5.74) is 6.34. The van der Waals surface area contributed by atoms with Gasteiger partial charge in [-0.15, -0.1) is 0 Å². The van der Waals surface area contributed by atoms with Gasteiger partial charge in [-0.2, -0.15) is 0 Å². The van der Waals surface area contributed by atoms with Crippen LogP contribution in [0.5, 0.6) is 5.75 Å². The van der Waals surface area contributed by atoms with Gasteiger partial charge in [0.15, 0.2) is 0 Å². The fourth-order valence-corrected chi connectivity index (χ4v) is 2.50. The van der Waals surface area contributed by atoms with E-state index in [0.717, 1.165) is 0 Å². The van der Waals surface area contributed by atoms with E-state index in [9.17, 15) is 29.4 Å². The maximum Gasteiger partial charge on any atom is 0.326 e. The molecule has 1 aromatic rings. The molecule has 0 saturated carbocycles. The lowest BCUT2D eigenvalue weighted by Crippen LogP contribution is -2.56. The van der Waals surface area contributed by atoms with E-state index in [1.807, 2.05) is 6.92 Å². The van der Waals surface area contributed by atoms with Crippen LogP contribution in [0.15, 0.2) is 24.3 Å². The summed E-state index contributed by atoms with van der Waals surface area (Å²) in [5, 5.41) is 32.3. The number of hydrogen-bond acceptors (Lipinski definition) is 6. The number of nitrogens with one attached hydrogen (secondary N) is 2. The van der Waals surface area contributed by atoms with Crippen molar-refractivity contribution in [3.05, 3.63) is 29.8 Å². The van der Waals surface area contributed by atoms with Crippen molar-refractivity contribution in [3.63, 3.8) is 0 Å². The van der Waals surface area contributed by atoms with Crippen LogP contribution in [0.2, 0.25) is 0 Å². The van der Waals surface area contributed by atoms with E-state index in [-0.39, 0.29) is 18.1 Å². The van der Waals surface area contributed by atoms with Crippen LogP contribution in [0.25, 0.3) is 0 Å². The number of carboxylic acid groups (broad SMARTS) is 2. The highest BCUT2D eigenvalue weighted by Gasteiger charge is 2.30. The molecule has 0 bridgehead atoms. The Bertz CT molecular complexity index is 736. The van der Waals surface area contributed by atoms with Crippen molar-refractivity contribution in [2.45, 2.75) is 51.2 Å². The van der Waals surface area contributed by atoms with Gasteiger partial charge >= 0.3 is 11.9 Å². The molecule has 4 atom stereocenters. The van der Waals surface area contributed by atoms with Crippen LogP contribution in [0, 0.1) is 5.92 Å². The molecule has 1 aromatic carbocycles. The van der Waals surface area contributed by atoms with Crippen LogP contribution in [0.3, 0.4) is 0 Å². The highest BCUT2D eigenvalue weighted by Crippen LogP contribution is 2.12. The molecule has 10 heteroatoms. The van der Waals surface area contributed by atoms with E-state index >= 15 is 0 Å². The average Bonchev–Trinajstić information content (AvgIpc) is 2.66. The Morgan fingerprint density at radius 2 is 1.55 bits per heavy atom. The summed E-state index contributed by atoms with van der Waals surface area (Å²) < 4.78 is 0. The zero-order chi connectivity index (χ0) is 22.1. The monoisotopic (exact) mass is 409 g/mol. The molecule has 0 fully saturated rings. The van der Waals surface area contributed by atoms with E-state index in [4.69, 9.17) is 10.8 Å². The van der Waals surface area contributed by atoms with Crippen molar-refractivity contribution < 1.29 is 34.5 Å². The number of phenols is 1. The first-order chi connectivity index (χ1) is 13.5. The van der Waals surface area contributed by atoms with Crippen molar-refractivity contribution in [2.75, 3.05) is 0 Å². The molecule has 0 aromatic heterocycles. The lowest BCUT2D eigenvalue weighted by atomic mass is 9.99. The first kappa shape index (κ1) is 23.9. The number of carboxylic acids is 2. The molecule has 0 saturated heterocycles. The smallest absolute Gasteiger partial charge is 0.326 e. The Labute approximate surface area is 168 Å². The SMILES string of the molecule is CCC(C)C(N)C(=O)NC(CC(=O)O)C(=O)NC(Cc1ccc(O)cc1)C(=O)O. The van der Waals surface area contributed by atoms with Crippen molar-refractivity contribution in [1.82, 2.24) is 10.6 Å². The number of phenolic OH excluding ortho intramolecular Hbond substituents is 1. The second-order valence-corrected chi connectivity index (χ2v) is 6.84. The first-order valence-corrected chi connectivity index (χ1v) is 9.14. The Morgan fingerprint density at radius 3 is 2.03 bits per heavy atom. The Hall–Kier alpha value is -3.14. The number of amides is 2. The van der Waals surface area contributed by atoms with E-state index in [1.165, 1.54) is 24.3 Å². The zero-order valence-electron chi connectivity index (χ0n) is 16.3. The van der Waals surface area contributed by atoms with E-state index in [0.29, 0.717) is 12.0 Å². The Balaban J connectivity index is 2.89. The molecule has 1 rings (SSSR count). The molecule has 10 nitrogen and oxygen atoms in total. The summed E-state index contributed by atoms with van der Waals surface area (Å²) in [6.45, 7) is 3.58. The minimum Gasteiger partial charge on any atom is -0.508 e. The van der Waals surface area contributed by atoms with Crippen molar-refractivity contribution in [3.8, 4) is 5.75 Å². The highest BCUT2D eigenvalue weighted by molar-refractivity contribution is 5.94. The number of carbonyl (C=O) groups is 4. The Kier molecular flexibility index (Phi) is 9.07. The molecule has 7 N–H and O–H groups in total. The second kappa shape index (κ2) is 11.0. The van der Waals surface area contributed by atoms with Crippen LogP contribution in [-0.2, 0) is 25.6 Å². The van der Waals surface area contributed by atoms with Gasteiger partial charge in [0.25, 0.3) is 0 Å². The normalized spacial score (nSPS) is 14.9. The van der Waals surface area contributed by atoms with Gasteiger partial charge in [-0.1, -0.05) is 32.4 Å². The standard InChI is InChI=1S/C19H27N3O7/c1-3-10(2)16(20)18(27)21-13(9-15(24)25)17(26)22-14(19(28)29)8-11-4-6-12(23)7-5-11/h4-7,10,13-14,16,23H,3,8-9,20H2,1-2H3,(H,21,27)(H,22,26)(H,24,25)(H,28,29). The third kappa shape index (κ3) is 7.78. The van der Waals surface area contributed by atoms with Gasteiger partial charge in [0.2, 0.25) is 11.8 Å². The van der Waals surface area contributed by atoms with Crippen molar-refractivity contribution in [2.24, 2.45) is 11.7 Å². The third-order valence-corrected chi connectivity index (χ3v) is 4.56. The zero-order valence-corrected chi connectivity index (χ0v) is 16.3. The summed E-state index contributed by atoms with van der Waals surface area (Å²) in [6.07, 6.45) is -0.212. The van der Waals surface area contributed by atoms with Crippen molar-refractivity contribution >= 4 is 23.8 Å². The third-order valence-electron chi connectivity index (χ3n) is 4.56. The molecule has 29 heavy (non-hydrogen) atoms. The van der Waals surface area contributed by atoms with Crippen molar-refractivity contribution in [1.29, 1.82) is 0 Å². The van der Waals surface area contributed by atoms with Gasteiger partial charge in [-0.05, 0) is 23.6 Å². The van der Waals surface area contributed by atoms with Gasteiger partial charge in [-0.25, -0.2) is 4.79 Å². The highest BCUT2D eigenvalue weighted by atomic mass is 16.4. The van der Waals surface area contributed by atoms with Crippen LogP contribution in [0.4, 0.5) is 0 Å². The average molecular weight is 409 g/mol. The first-order valence-electron chi connectivity index (χ1n) is 9.14. The van der Waals surface area contributed by atoms with E-state index in [1.54, 1.807) is 6.92 Å². The number of nitrogens with two attached hydrogens (primary N) is 1. The maximum absolute atomic E-state index is 12.5. The fourth-order valence-electron chi connectivity index (χ4n) is 2.50. The molecule has 2 amide bonds. The Morgan fingerprint density at radius 1 is 1.00 bits per heavy atom. The summed E-state index contributed by atoms with van der Waals surface area (Å²) >= 11 is 0. The predicted molar refractivity (Wildman–Crippen MR) is 103 cm³/mol. The van der Waals surface area contributed by atoms with Crippen LogP contribution < -0.4 is 16.4 Å². The van der Waals surface area contributed by atoms with Gasteiger partial charge in [0.05, 0.1) is 12.5 Å². The predicted octanol–water partition coefficient (Wildman–Crippen LogP) is -0.163. The molecule has 0 spiro atoms. The second-order valence-electron chi connectivity index (χ2n) is 6.84. The van der Waals surface area contributed by atoms with Gasteiger partial charge in [-0.3, -0.25) is 14.4 Å².